The summed E-state index contributed by atoms with van der Waals surface area (Å²) in [5.74, 6) is 4.55. The zero-order valence-corrected chi connectivity index (χ0v) is 9.95. The molecule has 0 heterocycles. The Morgan fingerprint density at radius 1 is 1.50 bits per heavy atom. The first kappa shape index (κ1) is 14.8. The van der Waals surface area contributed by atoms with E-state index in [1.807, 2.05) is 6.92 Å². The lowest BCUT2D eigenvalue weighted by Crippen LogP contribution is -2.53. The molecule has 0 fully saturated rings. The van der Waals surface area contributed by atoms with Crippen molar-refractivity contribution in [2.75, 3.05) is 33.9 Å². The fourth-order valence-corrected chi connectivity index (χ4v) is 1.31. The Kier molecular flexibility index (Phi) is 7.44. The number of hydrogen-bond donors (Lipinski definition) is 3. The van der Waals surface area contributed by atoms with E-state index in [2.05, 4.69) is 10.7 Å². The van der Waals surface area contributed by atoms with Gasteiger partial charge < -0.3 is 10.1 Å². The molecule has 0 aromatic rings. The lowest BCUT2D eigenvalue weighted by Gasteiger charge is -2.27. The average molecular weight is 232 g/mol. The number of amides is 2. The van der Waals surface area contributed by atoms with Crippen LogP contribution in [0, 0.1) is 0 Å². The molecule has 7 heteroatoms. The van der Waals surface area contributed by atoms with Crippen LogP contribution >= 0.6 is 0 Å². The Morgan fingerprint density at radius 2 is 2.12 bits per heavy atom. The van der Waals surface area contributed by atoms with E-state index in [0.29, 0.717) is 6.54 Å². The Hall–Kier alpha value is -1.18. The van der Waals surface area contributed by atoms with Crippen molar-refractivity contribution in [2.24, 2.45) is 5.84 Å². The molecule has 0 saturated heterocycles. The van der Waals surface area contributed by atoms with Gasteiger partial charge in [-0.25, -0.2) is 5.84 Å². The molecule has 4 N–H and O–H groups in total. The van der Waals surface area contributed by atoms with Gasteiger partial charge in [-0.05, 0) is 6.54 Å². The predicted octanol–water partition coefficient (Wildman–Crippen LogP) is -1.94. The van der Waals surface area contributed by atoms with Crippen molar-refractivity contribution >= 4 is 11.8 Å². The molecule has 16 heavy (non-hydrogen) atoms. The van der Waals surface area contributed by atoms with Crippen molar-refractivity contribution in [1.82, 2.24) is 15.6 Å². The quantitative estimate of drug-likeness (QED) is 0.269. The molecule has 0 aliphatic carbocycles. The first-order valence-corrected chi connectivity index (χ1v) is 5.04. The van der Waals surface area contributed by atoms with E-state index in [-0.39, 0.29) is 25.0 Å². The third-order valence-electron chi connectivity index (χ3n) is 2.24. The zero-order chi connectivity index (χ0) is 12.6. The SMILES string of the molecule is CCN(CC(=O)NC)C(COC)C(=O)NN. The van der Waals surface area contributed by atoms with Crippen LogP contribution in [0.5, 0.6) is 0 Å². The van der Waals surface area contributed by atoms with Gasteiger partial charge in [-0.2, -0.15) is 0 Å². The van der Waals surface area contributed by atoms with Crippen LogP contribution < -0.4 is 16.6 Å². The molecule has 0 radical (unpaired) electrons. The maximum absolute atomic E-state index is 11.5. The number of hydrazine groups is 1. The molecule has 1 atom stereocenters. The number of carbonyl (C=O) groups is 2. The van der Waals surface area contributed by atoms with Gasteiger partial charge in [0.15, 0.2) is 0 Å². The fourth-order valence-electron chi connectivity index (χ4n) is 1.31. The van der Waals surface area contributed by atoms with Crippen molar-refractivity contribution in [2.45, 2.75) is 13.0 Å². The van der Waals surface area contributed by atoms with Gasteiger partial charge in [0.05, 0.1) is 13.2 Å². The number of nitrogens with two attached hydrogens (primary N) is 1. The van der Waals surface area contributed by atoms with E-state index >= 15 is 0 Å². The molecule has 94 valence electrons. The third-order valence-corrected chi connectivity index (χ3v) is 2.24. The Labute approximate surface area is 95.3 Å². The molecule has 7 nitrogen and oxygen atoms in total. The summed E-state index contributed by atoms with van der Waals surface area (Å²) >= 11 is 0. The summed E-state index contributed by atoms with van der Waals surface area (Å²) in [6.45, 7) is 2.73. The van der Waals surface area contributed by atoms with Crippen molar-refractivity contribution in [1.29, 1.82) is 0 Å². The Bertz CT molecular complexity index is 235. The minimum absolute atomic E-state index is 0.133. The molecule has 0 aromatic heterocycles. The lowest BCUT2D eigenvalue weighted by atomic mass is 10.2. The Balaban J connectivity index is 4.56. The van der Waals surface area contributed by atoms with E-state index < -0.39 is 6.04 Å². The number of nitrogens with zero attached hydrogens (tertiary/aromatic N) is 1. The highest BCUT2D eigenvalue weighted by molar-refractivity contribution is 5.83. The van der Waals surface area contributed by atoms with Gasteiger partial charge in [0.25, 0.3) is 5.91 Å². The molecule has 0 aliphatic heterocycles. The number of carbonyl (C=O) groups excluding carboxylic acids is 2. The van der Waals surface area contributed by atoms with E-state index in [1.54, 1.807) is 11.9 Å². The van der Waals surface area contributed by atoms with Crippen LogP contribution in [0.1, 0.15) is 6.92 Å². The van der Waals surface area contributed by atoms with Crippen LogP contribution in [0.25, 0.3) is 0 Å². The van der Waals surface area contributed by atoms with Gasteiger partial charge in [0.2, 0.25) is 5.91 Å². The second-order valence-electron chi connectivity index (χ2n) is 3.22. The molecule has 0 spiro atoms. The monoisotopic (exact) mass is 232 g/mol. The highest BCUT2D eigenvalue weighted by atomic mass is 16.5. The van der Waals surface area contributed by atoms with Gasteiger partial charge in [-0.1, -0.05) is 6.92 Å². The average Bonchev–Trinajstić information content (AvgIpc) is 2.32. The Morgan fingerprint density at radius 3 is 2.50 bits per heavy atom. The number of hydrogen-bond acceptors (Lipinski definition) is 5. The summed E-state index contributed by atoms with van der Waals surface area (Å²) in [4.78, 5) is 24.4. The molecular weight excluding hydrogens is 212 g/mol. The van der Waals surface area contributed by atoms with E-state index in [9.17, 15) is 9.59 Å². The van der Waals surface area contributed by atoms with Crippen LogP contribution in [0.4, 0.5) is 0 Å². The third kappa shape index (κ3) is 4.56. The first-order valence-electron chi connectivity index (χ1n) is 5.04. The van der Waals surface area contributed by atoms with Crippen LogP contribution in [0.3, 0.4) is 0 Å². The summed E-state index contributed by atoms with van der Waals surface area (Å²) in [7, 11) is 3.04. The van der Waals surface area contributed by atoms with Crippen LogP contribution in [-0.2, 0) is 14.3 Å². The summed E-state index contributed by atoms with van der Waals surface area (Å²) in [5.41, 5.74) is 2.06. The molecule has 1 unspecified atom stereocenters. The van der Waals surface area contributed by atoms with Gasteiger partial charge in [0, 0.05) is 14.2 Å². The fraction of sp³-hybridized carbons (Fsp3) is 0.778. The van der Waals surface area contributed by atoms with Gasteiger partial charge >= 0.3 is 0 Å². The maximum Gasteiger partial charge on any atom is 0.253 e. The number of rotatable bonds is 7. The number of nitrogens with one attached hydrogen (secondary N) is 2. The minimum atomic E-state index is -0.558. The minimum Gasteiger partial charge on any atom is -0.383 e. The molecule has 0 saturated carbocycles. The topological polar surface area (TPSA) is 96.7 Å². The van der Waals surface area contributed by atoms with Crippen molar-refractivity contribution in [3.63, 3.8) is 0 Å². The van der Waals surface area contributed by atoms with Crippen LogP contribution in [0.2, 0.25) is 0 Å². The molecule has 0 aromatic carbocycles. The molecule has 0 rings (SSSR count). The second kappa shape index (κ2) is 8.03. The summed E-state index contributed by atoms with van der Waals surface area (Å²) in [6.07, 6.45) is 0. The molecule has 0 aliphatic rings. The van der Waals surface area contributed by atoms with E-state index in [4.69, 9.17) is 10.6 Å². The number of ether oxygens (including phenoxy) is 1. The second-order valence-corrected chi connectivity index (χ2v) is 3.22. The standard InChI is InChI=1S/C9H20N4O3/c1-4-13(5-8(14)11-2)7(6-16-3)9(15)12-10/h7H,4-6,10H2,1-3H3,(H,11,14)(H,12,15). The number of methoxy groups -OCH3 is 1. The van der Waals surface area contributed by atoms with Crippen molar-refractivity contribution in [3.8, 4) is 0 Å². The summed E-state index contributed by atoms with van der Waals surface area (Å²) in [5, 5.41) is 2.50. The lowest BCUT2D eigenvalue weighted by molar-refractivity contribution is -0.130. The number of likely N-dealkylation sites (N-methyl/N-ethyl adjacent to an activating group) is 2. The van der Waals surface area contributed by atoms with Crippen molar-refractivity contribution in [3.05, 3.63) is 0 Å². The van der Waals surface area contributed by atoms with Gasteiger partial charge in [0.1, 0.15) is 6.04 Å². The normalized spacial score (nSPS) is 12.3. The van der Waals surface area contributed by atoms with Crippen LogP contribution in [-0.4, -0.2) is 56.6 Å². The molecule has 0 bridgehead atoms. The van der Waals surface area contributed by atoms with E-state index in [0.717, 1.165) is 0 Å². The highest BCUT2D eigenvalue weighted by Gasteiger charge is 2.25. The van der Waals surface area contributed by atoms with E-state index in [1.165, 1.54) is 7.11 Å². The zero-order valence-electron chi connectivity index (χ0n) is 9.95. The smallest absolute Gasteiger partial charge is 0.253 e. The van der Waals surface area contributed by atoms with Gasteiger partial charge in [-0.3, -0.25) is 19.9 Å². The summed E-state index contributed by atoms with van der Waals surface area (Å²) in [6, 6.07) is -0.558. The highest BCUT2D eigenvalue weighted by Crippen LogP contribution is 2.00. The first-order chi connectivity index (χ1) is 7.60. The van der Waals surface area contributed by atoms with Crippen LogP contribution in [0.15, 0.2) is 0 Å². The molecular formula is C9H20N4O3. The summed E-state index contributed by atoms with van der Waals surface area (Å²) < 4.78 is 4.94. The van der Waals surface area contributed by atoms with Crippen molar-refractivity contribution < 1.29 is 14.3 Å². The maximum atomic E-state index is 11.5. The molecule has 2 amide bonds. The van der Waals surface area contributed by atoms with Gasteiger partial charge in [-0.15, -0.1) is 0 Å². The predicted molar refractivity (Wildman–Crippen MR) is 59.3 cm³/mol. The largest absolute Gasteiger partial charge is 0.383 e.